The van der Waals surface area contributed by atoms with Crippen LogP contribution in [0.25, 0.3) is 0 Å². The maximum Gasteiger partial charge on any atom is 0.315 e. The van der Waals surface area contributed by atoms with Crippen LogP contribution in [0.4, 0.5) is 4.79 Å². The molecule has 1 aliphatic carbocycles. The first kappa shape index (κ1) is 15.6. The molecule has 0 atom stereocenters. The normalized spacial score (nSPS) is 21.6. The molecule has 5 heteroatoms. The third-order valence-corrected chi connectivity index (χ3v) is 3.72. The standard InChI is InChI=1S/C16H25N3O2/c1-3-10-17-16(20)19-13-5-7-14(8-6-13)21-15-9-4-12(2)11-18-15/h4,9,11,13-14H,3,5-8,10H2,1-2H3,(H2,17,19,20). The minimum absolute atomic E-state index is 0.0542. The Morgan fingerprint density at radius 2 is 2.10 bits per heavy atom. The third kappa shape index (κ3) is 5.25. The number of rotatable bonds is 5. The summed E-state index contributed by atoms with van der Waals surface area (Å²) in [4.78, 5) is 15.9. The fourth-order valence-electron chi connectivity index (χ4n) is 2.49. The van der Waals surface area contributed by atoms with Gasteiger partial charge >= 0.3 is 6.03 Å². The van der Waals surface area contributed by atoms with Gasteiger partial charge in [-0.2, -0.15) is 0 Å². The van der Waals surface area contributed by atoms with Crippen LogP contribution in [0.15, 0.2) is 18.3 Å². The van der Waals surface area contributed by atoms with Gasteiger partial charge in [-0.3, -0.25) is 0 Å². The van der Waals surface area contributed by atoms with E-state index >= 15 is 0 Å². The van der Waals surface area contributed by atoms with Crippen molar-refractivity contribution < 1.29 is 9.53 Å². The van der Waals surface area contributed by atoms with Crippen molar-refractivity contribution in [2.75, 3.05) is 6.54 Å². The fraction of sp³-hybridized carbons (Fsp3) is 0.625. The molecule has 2 N–H and O–H groups in total. The maximum atomic E-state index is 11.6. The molecule has 0 aromatic carbocycles. The Bertz CT molecular complexity index is 439. The van der Waals surface area contributed by atoms with Crippen molar-refractivity contribution >= 4 is 6.03 Å². The first-order valence-corrected chi connectivity index (χ1v) is 7.81. The summed E-state index contributed by atoms with van der Waals surface area (Å²) in [5.74, 6) is 0.692. The molecule has 21 heavy (non-hydrogen) atoms. The number of aryl methyl sites for hydroxylation is 1. The van der Waals surface area contributed by atoms with Crippen LogP contribution in [0.2, 0.25) is 0 Å². The average Bonchev–Trinajstić information content (AvgIpc) is 2.49. The second kappa shape index (κ2) is 7.86. The van der Waals surface area contributed by atoms with E-state index in [9.17, 15) is 4.79 Å². The third-order valence-electron chi connectivity index (χ3n) is 3.72. The van der Waals surface area contributed by atoms with Gasteiger partial charge in [0.05, 0.1) is 0 Å². The highest BCUT2D eigenvalue weighted by Crippen LogP contribution is 2.22. The van der Waals surface area contributed by atoms with Crippen molar-refractivity contribution in [1.29, 1.82) is 0 Å². The van der Waals surface area contributed by atoms with Crippen LogP contribution < -0.4 is 15.4 Å². The Kier molecular flexibility index (Phi) is 5.84. The molecule has 1 aliphatic rings. The molecule has 5 nitrogen and oxygen atoms in total. The lowest BCUT2D eigenvalue weighted by Gasteiger charge is -2.29. The predicted molar refractivity (Wildman–Crippen MR) is 82.5 cm³/mol. The van der Waals surface area contributed by atoms with E-state index in [0.717, 1.165) is 44.2 Å². The average molecular weight is 291 g/mol. The van der Waals surface area contributed by atoms with Crippen molar-refractivity contribution in [2.24, 2.45) is 0 Å². The summed E-state index contributed by atoms with van der Waals surface area (Å²) in [6, 6.07) is 4.12. The fourth-order valence-corrected chi connectivity index (χ4v) is 2.49. The highest BCUT2D eigenvalue weighted by molar-refractivity contribution is 5.74. The van der Waals surface area contributed by atoms with E-state index < -0.39 is 0 Å². The first-order chi connectivity index (χ1) is 10.2. The molecule has 0 aliphatic heterocycles. The zero-order valence-corrected chi connectivity index (χ0v) is 12.9. The van der Waals surface area contributed by atoms with E-state index in [2.05, 4.69) is 15.6 Å². The Labute approximate surface area is 126 Å². The summed E-state index contributed by atoms with van der Waals surface area (Å²) >= 11 is 0. The van der Waals surface area contributed by atoms with Crippen LogP contribution in [0.1, 0.15) is 44.6 Å². The molecule has 1 saturated carbocycles. The van der Waals surface area contributed by atoms with Gasteiger partial charge in [0.25, 0.3) is 0 Å². The van der Waals surface area contributed by atoms with Gasteiger partial charge in [0.15, 0.2) is 0 Å². The van der Waals surface area contributed by atoms with Crippen molar-refractivity contribution in [1.82, 2.24) is 15.6 Å². The van der Waals surface area contributed by atoms with Crippen LogP contribution in [0.3, 0.4) is 0 Å². The molecule has 1 heterocycles. The van der Waals surface area contributed by atoms with Crippen LogP contribution in [-0.4, -0.2) is 29.7 Å². The summed E-state index contributed by atoms with van der Waals surface area (Å²) in [7, 11) is 0. The van der Waals surface area contributed by atoms with Crippen molar-refractivity contribution in [3.63, 3.8) is 0 Å². The van der Waals surface area contributed by atoms with E-state index in [1.807, 2.05) is 32.2 Å². The molecule has 2 amide bonds. The van der Waals surface area contributed by atoms with Crippen LogP contribution in [-0.2, 0) is 0 Å². The number of urea groups is 1. The summed E-state index contributed by atoms with van der Waals surface area (Å²) < 4.78 is 5.89. The molecule has 1 aromatic heterocycles. The number of pyridine rings is 1. The smallest absolute Gasteiger partial charge is 0.315 e. The van der Waals surface area contributed by atoms with Gasteiger partial charge in [0, 0.05) is 24.8 Å². The maximum absolute atomic E-state index is 11.6. The van der Waals surface area contributed by atoms with Gasteiger partial charge in [0.2, 0.25) is 5.88 Å². The number of hydrogen-bond donors (Lipinski definition) is 2. The topological polar surface area (TPSA) is 63.2 Å². The Morgan fingerprint density at radius 3 is 2.71 bits per heavy atom. The number of carbonyl (C=O) groups excluding carboxylic acids is 1. The summed E-state index contributed by atoms with van der Waals surface area (Å²) in [5, 5.41) is 5.87. The van der Waals surface area contributed by atoms with Crippen LogP contribution >= 0.6 is 0 Å². The molecule has 2 rings (SSSR count). The Balaban J connectivity index is 1.70. The number of aromatic nitrogens is 1. The van der Waals surface area contributed by atoms with Crippen LogP contribution in [0, 0.1) is 6.92 Å². The molecular formula is C16H25N3O2. The van der Waals surface area contributed by atoms with E-state index in [-0.39, 0.29) is 18.2 Å². The van der Waals surface area contributed by atoms with Crippen molar-refractivity contribution in [3.8, 4) is 5.88 Å². The van der Waals surface area contributed by atoms with Gasteiger partial charge in [0.1, 0.15) is 6.10 Å². The zero-order valence-electron chi connectivity index (χ0n) is 12.9. The molecule has 1 aromatic rings. The molecular weight excluding hydrogens is 266 g/mol. The largest absolute Gasteiger partial charge is 0.474 e. The lowest BCUT2D eigenvalue weighted by molar-refractivity contribution is 0.135. The van der Waals surface area contributed by atoms with E-state index in [1.165, 1.54) is 0 Å². The van der Waals surface area contributed by atoms with Gasteiger partial charge in [-0.25, -0.2) is 9.78 Å². The molecule has 0 spiro atoms. The van der Waals surface area contributed by atoms with E-state index in [1.54, 1.807) is 0 Å². The number of carbonyl (C=O) groups is 1. The minimum atomic E-state index is -0.0542. The summed E-state index contributed by atoms with van der Waals surface area (Å²) in [6.07, 6.45) is 6.80. The SMILES string of the molecule is CCCNC(=O)NC1CCC(Oc2ccc(C)cn2)CC1. The summed E-state index contributed by atoms with van der Waals surface area (Å²) in [5.41, 5.74) is 1.13. The highest BCUT2D eigenvalue weighted by atomic mass is 16.5. The first-order valence-electron chi connectivity index (χ1n) is 7.81. The molecule has 0 unspecified atom stereocenters. The molecule has 0 radical (unpaired) electrons. The van der Waals surface area contributed by atoms with Gasteiger partial charge in [-0.1, -0.05) is 13.0 Å². The predicted octanol–water partition coefficient (Wildman–Crippen LogP) is 2.79. The molecule has 1 fully saturated rings. The molecule has 116 valence electrons. The number of nitrogens with one attached hydrogen (secondary N) is 2. The molecule has 0 saturated heterocycles. The second-order valence-corrected chi connectivity index (χ2v) is 5.67. The van der Waals surface area contributed by atoms with E-state index in [0.29, 0.717) is 5.88 Å². The minimum Gasteiger partial charge on any atom is -0.474 e. The number of ether oxygens (including phenoxy) is 1. The zero-order chi connectivity index (χ0) is 15.1. The van der Waals surface area contributed by atoms with E-state index in [4.69, 9.17) is 4.74 Å². The lowest BCUT2D eigenvalue weighted by Crippen LogP contribution is -2.44. The second-order valence-electron chi connectivity index (χ2n) is 5.67. The number of nitrogens with zero attached hydrogens (tertiary/aromatic N) is 1. The number of amides is 2. The monoisotopic (exact) mass is 291 g/mol. The molecule has 0 bridgehead atoms. The number of hydrogen-bond acceptors (Lipinski definition) is 3. The Morgan fingerprint density at radius 1 is 1.33 bits per heavy atom. The van der Waals surface area contributed by atoms with Gasteiger partial charge in [-0.15, -0.1) is 0 Å². The van der Waals surface area contributed by atoms with Gasteiger partial charge < -0.3 is 15.4 Å². The quantitative estimate of drug-likeness (QED) is 0.877. The van der Waals surface area contributed by atoms with Crippen LogP contribution in [0.5, 0.6) is 5.88 Å². The Hall–Kier alpha value is -1.78. The van der Waals surface area contributed by atoms with Crippen molar-refractivity contribution in [3.05, 3.63) is 23.9 Å². The van der Waals surface area contributed by atoms with Gasteiger partial charge in [-0.05, 0) is 44.6 Å². The van der Waals surface area contributed by atoms with Crippen molar-refractivity contribution in [2.45, 2.75) is 58.1 Å². The highest BCUT2D eigenvalue weighted by Gasteiger charge is 2.23. The lowest BCUT2D eigenvalue weighted by atomic mass is 9.93. The summed E-state index contributed by atoms with van der Waals surface area (Å²) in [6.45, 7) is 4.78.